The first kappa shape index (κ1) is 15.2. The quantitative estimate of drug-likeness (QED) is 0.829. The second-order valence-corrected chi connectivity index (χ2v) is 7.30. The van der Waals surface area contributed by atoms with Crippen molar-refractivity contribution in [3.05, 3.63) is 18.3 Å². The van der Waals surface area contributed by atoms with Crippen LogP contribution < -0.4 is 10.2 Å². The predicted molar refractivity (Wildman–Crippen MR) is 79.4 cm³/mol. The summed E-state index contributed by atoms with van der Waals surface area (Å²) in [5, 5.41) is 3.25. The van der Waals surface area contributed by atoms with E-state index in [9.17, 15) is 8.42 Å². The van der Waals surface area contributed by atoms with E-state index in [1.807, 2.05) is 0 Å². The van der Waals surface area contributed by atoms with Crippen LogP contribution in [0, 0.1) is 0 Å². The Balaban J connectivity index is 2.22. The lowest BCUT2D eigenvalue weighted by Gasteiger charge is -2.39. The largest absolute Gasteiger partial charge is 0.351 e. The number of aromatic nitrogens is 1. The minimum atomic E-state index is -3.40. The minimum absolute atomic E-state index is 0.231. The van der Waals surface area contributed by atoms with Crippen molar-refractivity contribution in [3.8, 4) is 0 Å². The molecule has 20 heavy (non-hydrogen) atoms. The van der Waals surface area contributed by atoms with Gasteiger partial charge in [-0.25, -0.2) is 17.7 Å². The van der Waals surface area contributed by atoms with Crippen LogP contribution >= 0.6 is 0 Å². The maximum Gasteiger partial charge on any atom is 0.244 e. The van der Waals surface area contributed by atoms with Crippen molar-refractivity contribution in [1.82, 2.24) is 14.6 Å². The Morgan fingerprint density at radius 2 is 2.05 bits per heavy atom. The molecule has 1 aliphatic rings. The molecule has 0 unspecified atom stereocenters. The van der Waals surface area contributed by atoms with Gasteiger partial charge in [-0.15, -0.1) is 0 Å². The van der Waals surface area contributed by atoms with E-state index in [1.165, 1.54) is 24.6 Å². The van der Waals surface area contributed by atoms with Crippen molar-refractivity contribution in [3.63, 3.8) is 0 Å². The van der Waals surface area contributed by atoms with E-state index in [2.05, 4.69) is 22.1 Å². The Hall–Kier alpha value is -1.18. The molecule has 0 saturated carbocycles. The summed E-state index contributed by atoms with van der Waals surface area (Å²) in [6, 6.07) is 3.88. The molecule has 1 saturated heterocycles. The molecule has 2 heterocycles. The van der Waals surface area contributed by atoms with Crippen LogP contribution in [0.5, 0.6) is 0 Å². The molecule has 1 aromatic rings. The molecule has 6 nitrogen and oxygen atoms in total. The zero-order valence-electron chi connectivity index (χ0n) is 12.2. The van der Waals surface area contributed by atoms with Gasteiger partial charge in [0.1, 0.15) is 10.7 Å². The van der Waals surface area contributed by atoms with Gasteiger partial charge in [-0.2, -0.15) is 0 Å². The smallest absolute Gasteiger partial charge is 0.244 e. The summed E-state index contributed by atoms with van der Waals surface area (Å²) in [7, 11) is -0.362. The SMILES string of the molecule is CCCN(c1ccc(S(=O)(=O)N(C)C)cn1)C1CNC1. The van der Waals surface area contributed by atoms with Gasteiger partial charge in [0.15, 0.2) is 0 Å². The molecule has 1 N–H and O–H groups in total. The molecule has 0 amide bonds. The standard InChI is InChI=1S/C13H22N4O2S/c1-4-7-17(11-8-14-9-11)13-6-5-12(10-15-13)20(18,19)16(2)3/h5-6,10-11,14H,4,7-9H2,1-3H3. The Morgan fingerprint density at radius 1 is 1.35 bits per heavy atom. The molecule has 112 valence electrons. The number of hydrogen-bond acceptors (Lipinski definition) is 5. The molecule has 1 aliphatic heterocycles. The highest BCUT2D eigenvalue weighted by atomic mass is 32.2. The summed E-state index contributed by atoms with van der Waals surface area (Å²) in [6.07, 6.45) is 2.48. The zero-order chi connectivity index (χ0) is 14.8. The molecular weight excluding hydrogens is 276 g/mol. The third-order valence-electron chi connectivity index (χ3n) is 3.46. The second kappa shape index (κ2) is 6.07. The van der Waals surface area contributed by atoms with Gasteiger partial charge in [-0.1, -0.05) is 6.92 Å². The van der Waals surface area contributed by atoms with Crippen LogP contribution in [0.1, 0.15) is 13.3 Å². The third kappa shape index (κ3) is 2.94. The first-order valence-corrected chi connectivity index (χ1v) is 8.26. The summed E-state index contributed by atoms with van der Waals surface area (Å²) < 4.78 is 25.2. The average Bonchev–Trinajstić information content (AvgIpc) is 2.36. The van der Waals surface area contributed by atoms with Crippen molar-refractivity contribution >= 4 is 15.8 Å². The molecule has 1 aromatic heterocycles. The van der Waals surface area contributed by atoms with Crippen molar-refractivity contribution in [2.45, 2.75) is 24.3 Å². The second-order valence-electron chi connectivity index (χ2n) is 5.14. The van der Waals surface area contributed by atoms with Gasteiger partial charge in [0, 0.05) is 39.9 Å². The average molecular weight is 298 g/mol. The van der Waals surface area contributed by atoms with Crippen LogP contribution in [0.2, 0.25) is 0 Å². The fourth-order valence-corrected chi connectivity index (χ4v) is 2.97. The van der Waals surface area contributed by atoms with Crippen molar-refractivity contribution < 1.29 is 8.42 Å². The normalized spacial score (nSPS) is 16.2. The van der Waals surface area contributed by atoms with E-state index in [4.69, 9.17) is 0 Å². The Morgan fingerprint density at radius 3 is 2.45 bits per heavy atom. The molecule has 0 radical (unpaired) electrons. The van der Waals surface area contributed by atoms with E-state index < -0.39 is 10.0 Å². The van der Waals surface area contributed by atoms with Gasteiger partial charge in [0.25, 0.3) is 0 Å². The lowest BCUT2D eigenvalue weighted by atomic mass is 10.1. The van der Waals surface area contributed by atoms with E-state index in [1.54, 1.807) is 12.1 Å². The minimum Gasteiger partial charge on any atom is -0.351 e. The zero-order valence-corrected chi connectivity index (χ0v) is 13.0. The maximum absolute atomic E-state index is 12.0. The molecule has 2 rings (SSSR count). The maximum atomic E-state index is 12.0. The van der Waals surface area contributed by atoms with Gasteiger partial charge in [0.2, 0.25) is 10.0 Å². The first-order valence-electron chi connectivity index (χ1n) is 6.82. The van der Waals surface area contributed by atoms with Gasteiger partial charge in [0.05, 0.1) is 6.04 Å². The van der Waals surface area contributed by atoms with Crippen LogP contribution in [-0.4, -0.2) is 57.5 Å². The Labute approximate surface area is 120 Å². The van der Waals surface area contributed by atoms with E-state index in [0.29, 0.717) is 6.04 Å². The lowest BCUT2D eigenvalue weighted by Crippen LogP contribution is -2.57. The summed E-state index contributed by atoms with van der Waals surface area (Å²) in [6.45, 7) is 4.97. The van der Waals surface area contributed by atoms with Crippen LogP contribution in [0.3, 0.4) is 0 Å². The van der Waals surface area contributed by atoms with Gasteiger partial charge in [-0.05, 0) is 18.6 Å². The van der Waals surface area contributed by atoms with Crippen LogP contribution in [0.15, 0.2) is 23.2 Å². The van der Waals surface area contributed by atoms with Crippen LogP contribution in [0.25, 0.3) is 0 Å². The summed E-state index contributed by atoms with van der Waals surface area (Å²) >= 11 is 0. The summed E-state index contributed by atoms with van der Waals surface area (Å²) in [4.78, 5) is 6.81. The third-order valence-corrected chi connectivity index (χ3v) is 5.26. The fraction of sp³-hybridized carbons (Fsp3) is 0.615. The fourth-order valence-electron chi connectivity index (χ4n) is 2.12. The van der Waals surface area contributed by atoms with Crippen molar-refractivity contribution in [1.29, 1.82) is 0 Å². The monoisotopic (exact) mass is 298 g/mol. The summed E-state index contributed by atoms with van der Waals surface area (Å²) in [5.74, 6) is 0.844. The molecule has 0 aromatic carbocycles. The van der Waals surface area contributed by atoms with E-state index in [-0.39, 0.29) is 4.90 Å². The molecular formula is C13H22N4O2S. The number of nitrogens with one attached hydrogen (secondary N) is 1. The molecule has 0 spiro atoms. The van der Waals surface area contributed by atoms with Crippen LogP contribution in [0.4, 0.5) is 5.82 Å². The summed E-state index contributed by atoms with van der Waals surface area (Å²) in [5.41, 5.74) is 0. The Kier molecular flexibility index (Phi) is 4.62. The van der Waals surface area contributed by atoms with Gasteiger partial charge in [-0.3, -0.25) is 0 Å². The Bertz CT molecular complexity index is 538. The van der Waals surface area contributed by atoms with E-state index in [0.717, 1.165) is 31.9 Å². The predicted octanol–water partition coefficient (Wildman–Crippen LogP) is 0.520. The molecule has 0 bridgehead atoms. The number of pyridine rings is 1. The number of sulfonamides is 1. The lowest BCUT2D eigenvalue weighted by molar-refractivity contribution is 0.410. The van der Waals surface area contributed by atoms with Crippen molar-refractivity contribution in [2.75, 3.05) is 38.6 Å². The first-order chi connectivity index (χ1) is 9.46. The molecule has 0 atom stereocenters. The highest BCUT2D eigenvalue weighted by Gasteiger charge is 2.25. The van der Waals surface area contributed by atoms with Crippen molar-refractivity contribution in [2.24, 2.45) is 0 Å². The highest BCUT2D eigenvalue weighted by molar-refractivity contribution is 7.89. The topological polar surface area (TPSA) is 65.5 Å². The van der Waals surface area contributed by atoms with Gasteiger partial charge >= 0.3 is 0 Å². The number of hydrogen-bond donors (Lipinski definition) is 1. The number of anilines is 1. The number of nitrogens with zero attached hydrogens (tertiary/aromatic N) is 3. The van der Waals surface area contributed by atoms with Crippen LogP contribution in [-0.2, 0) is 10.0 Å². The highest BCUT2D eigenvalue weighted by Crippen LogP contribution is 2.20. The molecule has 7 heteroatoms. The number of rotatable bonds is 6. The van der Waals surface area contributed by atoms with E-state index >= 15 is 0 Å². The van der Waals surface area contributed by atoms with Gasteiger partial charge < -0.3 is 10.2 Å². The molecule has 0 aliphatic carbocycles. The molecule has 1 fully saturated rings.